The number of allylic oxidation sites excluding steroid dienone is 1. The number of rotatable bonds is 1. The molecule has 1 unspecified atom stereocenters. The van der Waals surface area contributed by atoms with Crippen LogP contribution in [0.1, 0.15) is 18.9 Å². The zero-order valence-corrected chi connectivity index (χ0v) is 13.9. The Balaban J connectivity index is 1.60. The van der Waals surface area contributed by atoms with Crippen LogP contribution in [-0.4, -0.2) is 17.9 Å². The van der Waals surface area contributed by atoms with E-state index in [1.165, 1.54) is 21.6 Å². The second kappa shape index (κ2) is 5.06. The highest BCUT2D eigenvalue weighted by Gasteiger charge is 2.56. The smallest absolute Gasteiger partial charge is 0.240 e. The average Bonchev–Trinajstić information content (AvgIpc) is 3.12. The number of nitrogens with one attached hydrogen (secondary N) is 1. The van der Waals surface area contributed by atoms with Gasteiger partial charge in [0.25, 0.3) is 0 Å². The Labute approximate surface area is 146 Å². The lowest BCUT2D eigenvalue weighted by molar-refractivity contribution is -0.122. The molecule has 0 saturated carbocycles. The molecule has 1 saturated heterocycles. The molecule has 3 atom stereocenters. The van der Waals surface area contributed by atoms with Crippen molar-refractivity contribution < 1.29 is 9.59 Å². The summed E-state index contributed by atoms with van der Waals surface area (Å²) in [5, 5.41) is 3.50. The number of para-hydroxylation sites is 2. The van der Waals surface area contributed by atoms with Crippen LogP contribution in [0.2, 0.25) is 0 Å². The van der Waals surface area contributed by atoms with Gasteiger partial charge in [-0.25, -0.2) is 4.90 Å². The third-order valence-electron chi connectivity index (χ3n) is 5.68. The van der Waals surface area contributed by atoms with Gasteiger partial charge in [0.15, 0.2) is 0 Å². The summed E-state index contributed by atoms with van der Waals surface area (Å²) in [6.07, 6.45) is 0.653. The zero-order valence-electron chi connectivity index (χ0n) is 13.9. The van der Waals surface area contributed by atoms with Crippen molar-refractivity contribution in [1.29, 1.82) is 0 Å². The molecule has 2 heterocycles. The summed E-state index contributed by atoms with van der Waals surface area (Å²) in [6, 6.07) is 17.3. The molecule has 4 heteroatoms. The molecule has 124 valence electrons. The van der Waals surface area contributed by atoms with Crippen LogP contribution in [-0.2, 0) is 9.59 Å². The molecule has 5 rings (SSSR count). The molecule has 25 heavy (non-hydrogen) atoms. The SMILES string of the molecule is CC1=C2c3ccccc3NC2[C@@H]2C(=O)N(c3ccccc3)C(=O)[C@@H]2C1. The van der Waals surface area contributed by atoms with Crippen molar-refractivity contribution in [2.24, 2.45) is 11.8 Å². The Morgan fingerprint density at radius 2 is 1.68 bits per heavy atom. The number of fused-ring (bicyclic) bond motifs is 5. The Hall–Kier alpha value is -2.88. The van der Waals surface area contributed by atoms with Gasteiger partial charge in [-0.2, -0.15) is 0 Å². The maximum atomic E-state index is 13.2. The predicted octanol–water partition coefficient (Wildman–Crippen LogP) is 3.46. The van der Waals surface area contributed by atoms with Gasteiger partial charge in [0, 0.05) is 11.3 Å². The fourth-order valence-corrected chi connectivity index (χ4v) is 4.63. The second-order valence-electron chi connectivity index (χ2n) is 7.05. The minimum atomic E-state index is -0.334. The van der Waals surface area contributed by atoms with Gasteiger partial charge in [0.2, 0.25) is 11.8 Å². The number of carbonyl (C=O) groups excluding carboxylic acids is 2. The van der Waals surface area contributed by atoms with Crippen molar-refractivity contribution in [2.75, 3.05) is 10.2 Å². The molecule has 0 aromatic heterocycles. The largest absolute Gasteiger partial charge is 0.377 e. The summed E-state index contributed by atoms with van der Waals surface area (Å²) >= 11 is 0. The van der Waals surface area contributed by atoms with Crippen molar-refractivity contribution in [3.8, 4) is 0 Å². The van der Waals surface area contributed by atoms with Crippen molar-refractivity contribution in [1.82, 2.24) is 0 Å². The van der Waals surface area contributed by atoms with E-state index in [1.54, 1.807) is 0 Å². The van der Waals surface area contributed by atoms with Gasteiger partial charge in [0.05, 0.1) is 23.6 Å². The third-order valence-corrected chi connectivity index (χ3v) is 5.68. The van der Waals surface area contributed by atoms with Gasteiger partial charge in [-0.15, -0.1) is 0 Å². The molecule has 2 amide bonds. The minimum Gasteiger partial charge on any atom is -0.377 e. The minimum absolute atomic E-state index is 0.0719. The molecule has 4 nitrogen and oxygen atoms in total. The Morgan fingerprint density at radius 3 is 2.48 bits per heavy atom. The maximum Gasteiger partial charge on any atom is 0.240 e. The second-order valence-corrected chi connectivity index (χ2v) is 7.05. The summed E-state index contributed by atoms with van der Waals surface area (Å²) in [4.78, 5) is 27.6. The quantitative estimate of drug-likeness (QED) is 0.815. The normalized spacial score (nSPS) is 27.1. The molecular weight excluding hydrogens is 312 g/mol. The fourth-order valence-electron chi connectivity index (χ4n) is 4.63. The van der Waals surface area contributed by atoms with E-state index in [4.69, 9.17) is 0 Å². The Morgan fingerprint density at radius 1 is 0.960 bits per heavy atom. The van der Waals surface area contributed by atoms with E-state index in [-0.39, 0.29) is 29.7 Å². The first-order valence-electron chi connectivity index (χ1n) is 8.65. The van der Waals surface area contributed by atoms with Crippen molar-refractivity contribution in [3.63, 3.8) is 0 Å². The number of hydrogen-bond acceptors (Lipinski definition) is 3. The molecule has 3 aliphatic rings. The number of carbonyl (C=O) groups is 2. The highest BCUT2D eigenvalue weighted by molar-refractivity contribution is 6.23. The van der Waals surface area contributed by atoms with Gasteiger partial charge in [-0.05, 0) is 37.1 Å². The lowest BCUT2D eigenvalue weighted by Crippen LogP contribution is -2.38. The summed E-state index contributed by atoms with van der Waals surface area (Å²) < 4.78 is 0. The number of imide groups is 1. The molecule has 2 aromatic carbocycles. The van der Waals surface area contributed by atoms with Crippen LogP contribution >= 0.6 is 0 Å². The highest BCUT2D eigenvalue weighted by atomic mass is 16.2. The molecule has 2 aliphatic heterocycles. The van der Waals surface area contributed by atoms with E-state index < -0.39 is 0 Å². The Bertz CT molecular complexity index is 932. The van der Waals surface area contributed by atoms with Gasteiger partial charge in [0.1, 0.15) is 0 Å². The van der Waals surface area contributed by atoms with Crippen LogP contribution in [0.4, 0.5) is 11.4 Å². The van der Waals surface area contributed by atoms with Crippen LogP contribution in [0, 0.1) is 11.8 Å². The number of nitrogens with zero attached hydrogens (tertiary/aromatic N) is 1. The third kappa shape index (κ3) is 1.88. The van der Waals surface area contributed by atoms with Crippen molar-refractivity contribution in [2.45, 2.75) is 19.4 Å². The summed E-state index contributed by atoms with van der Waals surface area (Å²) in [7, 11) is 0. The molecule has 1 fully saturated rings. The van der Waals surface area contributed by atoms with Gasteiger partial charge in [-0.1, -0.05) is 42.0 Å². The molecule has 2 aromatic rings. The molecule has 0 spiro atoms. The van der Waals surface area contributed by atoms with Crippen molar-refractivity contribution >= 4 is 28.8 Å². The van der Waals surface area contributed by atoms with Crippen LogP contribution in [0.3, 0.4) is 0 Å². The van der Waals surface area contributed by atoms with E-state index >= 15 is 0 Å². The van der Waals surface area contributed by atoms with Crippen LogP contribution in [0.25, 0.3) is 5.57 Å². The van der Waals surface area contributed by atoms with E-state index in [0.717, 1.165) is 5.69 Å². The average molecular weight is 330 g/mol. The summed E-state index contributed by atoms with van der Waals surface area (Å²) in [5.41, 5.74) is 5.30. The lowest BCUT2D eigenvalue weighted by atomic mass is 9.74. The predicted molar refractivity (Wildman–Crippen MR) is 97.0 cm³/mol. The number of amides is 2. The summed E-state index contributed by atoms with van der Waals surface area (Å²) in [5.74, 6) is -0.768. The van der Waals surface area contributed by atoms with Gasteiger partial charge >= 0.3 is 0 Å². The fraction of sp³-hybridized carbons (Fsp3) is 0.238. The zero-order chi connectivity index (χ0) is 17.1. The standard InChI is InChI=1S/C21H18N2O2/c1-12-11-15-18(19-17(12)14-9-5-6-10-16(14)22-19)21(25)23(20(15)24)13-7-3-2-4-8-13/h2-10,15,18-19,22H,11H2,1H3/t15-,18-,19?/m1/s1. The number of anilines is 2. The molecule has 1 aliphatic carbocycles. The lowest BCUT2D eigenvalue weighted by Gasteiger charge is -2.30. The first kappa shape index (κ1) is 14.5. The van der Waals surface area contributed by atoms with Gasteiger partial charge in [-0.3, -0.25) is 9.59 Å². The van der Waals surface area contributed by atoms with Crippen LogP contribution in [0.5, 0.6) is 0 Å². The topological polar surface area (TPSA) is 49.4 Å². The van der Waals surface area contributed by atoms with Crippen LogP contribution < -0.4 is 10.2 Å². The van der Waals surface area contributed by atoms with Crippen LogP contribution in [0.15, 0.2) is 60.2 Å². The monoisotopic (exact) mass is 330 g/mol. The maximum absolute atomic E-state index is 13.2. The molecular formula is C21H18N2O2. The molecule has 0 bridgehead atoms. The molecule has 1 N–H and O–H groups in total. The van der Waals surface area contributed by atoms with Crippen molar-refractivity contribution in [3.05, 3.63) is 65.7 Å². The summed E-state index contributed by atoms with van der Waals surface area (Å²) in [6.45, 7) is 2.09. The Kier molecular flexibility index (Phi) is 2.93. The number of benzene rings is 2. The highest BCUT2D eigenvalue weighted by Crippen LogP contribution is 2.50. The van der Waals surface area contributed by atoms with E-state index in [9.17, 15) is 9.59 Å². The first-order chi connectivity index (χ1) is 12.2. The number of hydrogen-bond donors (Lipinski definition) is 1. The first-order valence-corrected chi connectivity index (χ1v) is 8.65. The van der Waals surface area contributed by atoms with E-state index in [1.807, 2.05) is 48.5 Å². The van der Waals surface area contributed by atoms with E-state index in [2.05, 4.69) is 18.3 Å². The van der Waals surface area contributed by atoms with E-state index in [0.29, 0.717) is 12.1 Å². The van der Waals surface area contributed by atoms with Gasteiger partial charge < -0.3 is 5.32 Å². The molecule has 0 radical (unpaired) electrons.